The van der Waals surface area contributed by atoms with Crippen molar-refractivity contribution in [1.82, 2.24) is 0 Å². The molecule has 0 saturated carbocycles. The van der Waals surface area contributed by atoms with Gasteiger partial charge in [0.25, 0.3) is 0 Å². The van der Waals surface area contributed by atoms with E-state index in [0.29, 0.717) is 0 Å². The van der Waals surface area contributed by atoms with E-state index in [1.54, 1.807) is 0 Å². The van der Waals surface area contributed by atoms with E-state index in [1.165, 1.54) is 0 Å². The second kappa shape index (κ2) is 1.68. The van der Waals surface area contributed by atoms with Gasteiger partial charge >= 0.3 is 31.8 Å². The average Bonchev–Trinajstić information content (AvgIpc) is 0.811. The summed E-state index contributed by atoms with van der Waals surface area (Å²) < 4.78 is 25.9. The van der Waals surface area contributed by atoms with Crippen molar-refractivity contribution in [3.05, 3.63) is 0 Å². The minimum atomic E-state index is -4.38. The van der Waals surface area contributed by atoms with Crippen LogP contribution in [0.25, 0.3) is 0 Å². The van der Waals surface area contributed by atoms with Gasteiger partial charge in [0.1, 0.15) is 0 Å². The second-order valence-corrected chi connectivity index (χ2v) is 1.90. The van der Waals surface area contributed by atoms with E-state index in [2.05, 4.69) is 0 Å². The quantitative estimate of drug-likeness (QED) is 0.613. The van der Waals surface area contributed by atoms with Crippen LogP contribution in [0.1, 0.15) is 0 Å². The normalized spacial score (nSPS) is 6.00. The van der Waals surface area contributed by atoms with Crippen LogP contribution in [0, 0.1) is 24.4 Å². The molecule has 0 spiro atoms. The molecule has 0 fully saturated rings. The zero-order valence-corrected chi connectivity index (χ0v) is 5.03. The number of hydrogen-bond donors (Lipinski definition) is 0. The van der Waals surface area contributed by atoms with Gasteiger partial charge in [0.2, 0.25) is 0 Å². The summed E-state index contributed by atoms with van der Waals surface area (Å²) in [6, 6.07) is 0. The van der Waals surface area contributed by atoms with Gasteiger partial charge in [-0.25, -0.2) is 0 Å². The third-order valence-corrected chi connectivity index (χ3v) is 0. The van der Waals surface area contributed by atoms with Gasteiger partial charge in [-0.15, -0.1) is 0 Å². The molecule has 0 amide bonds. The van der Waals surface area contributed by atoms with Crippen molar-refractivity contribution < 1.29 is 31.8 Å². The maximum atomic E-state index is 8.63. The van der Waals surface area contributed by atoms with Crippen molar-refractivity contribution in [3.8, 4) is 0 Å². The standard InChI is InChI=1S/3O.Pu. The Labute approximate surface area is 32.1 Å². The summed E-state index contributed by atoms with van der Waals surface area (Å²) in [6.45, 7) is 0. The molecule has 0 rings (SSSR count). The van der Waals surface area contributed by atoms with Crippen LogP contribution in [-0.4, -0.2) is 0 Å². The van der Waals surface area contributed by atoms with Gasteiger partial charge in [-0.1, -0.05) is 0 Å². The molecule has 24 valence electrons. The van der Waals surface area contributed by atoms with Crippen LogP contribution in [0.2, 0.25) is 0 Å². The zero-order chi connectivity index (χ0) is 3.58. The van der Waals surface area contributed by atoms with Crippen molar-refractivity contribution in [2.75, 3.05) is 0 Å². The molecule has 3 nitrogen and oxygen atoms in total. The molecule has 0 aromatic heterocycles. The van der Waals surface area contributed by atoms with Crippen LogP contribution >= 0.6 is 0 Å². The number of hydrogen-bond acceptors (Lipinski definition) is 3. The van der Waals surface area contributed by atoms with Gasteiger partial charge in [-0.3, -0.25) is 0 Å². The van der Waals surface area contributed by atoms with Gasteiger partial charge < -0.3 is 0 Å². The summed E-state index contributed by atoms with van der Waals surface area (Å²) in [5.74, 6) is 0. The van der Waals surface area contributed by atoms with E-state index in [0.717, 1.165) is 0 Å². The Bertz CT molecular complexity index is 72.7. The van der Waals surface area contributed by atoms with Gasteiger partial charge in [-0.05, 0) is 0 Å². The monoisotopic (exact) mass is 286 g/mol. The summed E-state index contributed by atoms with van der Waals surface area (Å²) >= 11 is -4.38. The first kappa shape index (κ1) is 4.39. The number of rotatable bonds is 0. The molecule has 0 unspecified atom stereocenters. The van der Waals surface area contributed by atoms with Crippen LogP contribution in [0.15, 0.2) is 0 Å². The van der Waals surface area contributed by atoms with Crippen LogP contribution in [-0.2, 0) is 7.40 Å². The fourth-order valence-corrected chi connectivity index (χ4v) is 0. The first-order chi connectivity index (χ1) is 1.73. The summed E-state index contributed by atoms with van der Waals surface area (Å²) in [5.41, 5.74) is 0. The molecule has 0 aliphatic rings. The van der Waals surface area contributed by atoms with E-state index in [-0.39, 0.29) is 0 Å². The summed E-state index contributed by atoms with van der Waals surface area (Å²) in [5, 5.41) is 0. The third-order valence-electron chi connectivity index (χ3n) is 0. The molecular formula is O3Pu. The van der Waals surface area contributed by atoms with Crippen LogP contribution in [0.3, 0.4) is 0 Å². The molecule has 0 aromatic rings. The molecule has 0 N–H and O–H groups in total. The molecule has 4 heavy (non-hydrogen) atoms. The summed E-state index contributed by atoms with van der Waals surface area (Å²) in [4.78, 5) is 0. The summed E-state index contributed by atoms with van der Waals surface area (Å²) in [7, 11) is 0. The van der Waals surface area contributed by atoms with Crippen molar-refractivity contribution in [2.24, 2.45) is 0 Å². The van der Waals surface area contributed by atoms with E-state index < -0.39 is 24.4 Å². The predicted octanol–water partition coefficient (Wildman–Crippen LogP) is -0.356. The molecule has 0 aromatic carbocycles. The Kier molecular flexibility index (Phi) is 1.85. The topological polar surface area (TPSA) is 51.2 Å². The molecule has 0 heterocycles. The Balaban J connectivity index is 4.65. The van der Waals surface area contributed by atoms with Crippen LogP contribution in [0.4, 0.5) is 0 Å². The van der Waals surface area contributed by atoms with Crippen LogP contribution < -0.4 is 0 Å². The molecule has 0 atom stereocenters. The second-order valence-electron chi connectivity index (χ2n) is 0.204. The SMILES string of the molecule is [O]=[Pu](=[O])=[O]. The fourth-order valence-electron chi connectivity index (χ4n) is 0. The fraction of sp³-hybridized carbons (Fsp3) is 0. The summed E-state index contributed by atoms with van der Waals surface area (Å²) in [6.07, 6.45) is 0. The first-order valence-electron chi connectivity index (χ1n) is 0.500. The molecule has 0 aliphatic heterocycles. The Morgan fingerprint density at radius 3 is 1.00 bits per heavy atom. The van der Waals surface area contributed by atoms with Crippen molar-refractivity contribution in [3.63, 3.8) is 0 Å². The molecular weight excluding hydrogens is 292 g/mol. The Morgan fingerprint density at radius 2 is 1.00 bits per heavy atom. The third kappa shape index (κ3) is 30.7. The molecule has 0 bridgehead atoms. The van der Waals surface area contributed by atoms with E-state index in [4.69, 9.17) is 7.40 Å². The van der Waals surface area contributed by atoms with Gasteiger partial charge in [0, 0.05) is 0 Å². The molecule has 0 radical (unpaired) electrons. The average molecular weight is 292 g/mol. The van der Waals surface area contributed by atoms with Crippen molar-refractivity contribution in [1.29, 1.82) is 0 Å². The predicted molar refractivity (Wildman–Crippen MR) is 2.06 cm³/mol. The Morgan fingerprint density at radius 1 is 1.00 bits per heavy atom. The van der Waals surface area contributed by atoms with Gasteiger partial charge in [-0.2, -0.15) is 0 Å². The molecule has 0 saturated heterocycles. The first-order valence-corrected chi connectivity index (χ1v) is 4.66. The van der Waals surface area contributed by atoms with Gasteiger partial charge in [0.15, 0.2) is 0 Å². The van der Waals surface area contributed by atoms with E-state index >= 15 is 0 Å². The van der Waals surface area contributed by atoms with Gasteiger partial charge in [0.05, 0.1) is 0 Å². The van der Waals surface area contributed by atoms with Crippen LogP contribution in [0.5, 0.6) is 0 Å². The van der Waals surface area contributed by atoms with Crippen molar-refractivity contribution in [2.45, 2.75) is 0 Å². The Hall–Kier alpha value is 0.387. The zero-order valence-electron chi connectivity index (χ0n) is 1.63. The minimum absolute atomic E-state index is 4.38. The molecule has 0 aliphatic carbocycles. The maximum absolute atomic E-state index is 8.63. The van der Waals surface area contributed by atoms with Crippen molar-refractivity contribution >= 4 is 0 Å². The van der Waals surface area contributed by atoms with E-state index in [1.807, 2.05) is 0 Å². The van der Waals surface area contributed by atoms with E-state index in [9.17, 15) is 0 Å². The molecule has 4 heteroatoms.